The van der Waals surface area contributed by atoms with Crippen LogP contribution in [0.4, 0.5) is 0 Å². The van der Waals surface area contributed by atoms with Crippen molar-refractivity contribution in [2.45, 2.75) is 45.7 Å². The average Bonchev–Trinajstić information content (AvgIpc) is 2.84. The number of thiophene rings is 1. The third-order valence-electron chi connectivity index (χ3n) is 3.58. The fourth-order valence-corrected chi connectivity index (χ4v) is 3.37. The Morgan fingerprint density at radius 2 is 2.18 bits per heavy atom. The van der Waals surface area contributed by atoms with Crippen molar-refractivity contribution in [3.63, 3.8) is 0 Å². The van der Waals surface area contributed by atoms with Crippen molar-refractivity contribution in [3.8, 4) is 0 Å². The van der Waals surface area contributed by atoms with Crippen LogP contribution in [0, 0.1) is 0 Å². The van der Waals surface area contributed by atoms with E-state index >= 15 is 0 Å². The Hall–Kier alpha value is -0.380. The molecule has 2 rings (SSSR count). The molecule has 0 radical (unpaired) electrons. The summed E-state index contributed by atoms with van der Waals surface area (Å²) in [6, 6.07) is 5.23. The van der Waals surface area contributed by atoms with E-state index < -0.39 is 0 Å². The molecule has 96 valence electrons. The van der Waals surface area contributed by atoms with E-state index in [1.807, 2.05) is 11.3 Å². The molecule has 0 saturated carbocycles. The first-order valence-electron chi connectivity index (χ1n) is 6.85. The fourth-order valence-electron chi connectivity index (χ4n) is 2.46. The summed E-state index contributed by atoms with van der Waals surface area (Å²) in [5, 5.41) is 3.71. The topological polar surface area (TPSA) is 15.3 Å². The summed E-state index contributed by atoms with van der Waals surface area (Å²) in [4.78, 5) is 5.53. The summed E-state index contributed by atoms with van der Waals surface area (Å²) in [5.41, 5.74) is 0. The Labute approximate surface area is 109 Å². The standard InChI is InChI=1S/C14H24N2S/c1-3-13-7-8-14(17-13)10-15-12-6-5-9-16(4-2)11-12/h7-8,12,15H,3-6,9-11H2,1-2H3. The Bertz CT molecular complexity index is 335. The smallest absolute Gasteiger partial charge is 0.0302 e. The highest BCUT2D eigenvalue weighted by Crippen LogP contribution is 2.17. The number of likely N-dealkylation sites (N-methyl/N-ethyl adjacent to an activating group) is 1. The summed E-state index contributed by atoms with van der Waals surface area (Å²) in [6.07, 6.45) is 3.84. The Morgan fingerprint density at radius 3 is 2.88 bits per heavy atom. The van der Waals surface area contributed by atoms with Crippen molar-refractivity contribution in [2.24, 2.45) is 0 Å². The molecule has 0 aromatic carbocycles. The van der Waals surface area contributed by atoms with Gasteiger partial charge in [0.05, 0.1) is 0 Å². The number of aryl methyl sites for hydroxylation is 1. The van der Waals surface area contributed by atoms with Crippen LogP contribution in [0.3, 0.4) is 0 Å². The zero-order valence-electron chi connectivity index (χ0n) is 11.0. The van der Waals surface area contributed by atoms with Gasteiger partial charge in [0.25, 0.3) is 0 Å². The van der Waals surface area contributed by atoms with Gasteiger partial charge in [0, 0.05) is 28.9 Å². The minimum atomic E-state index is 0.691. The second kappa shape index (κ2) is 6.53. The third-order valence-corrected chi connectivity index (χ3v) is 4.81. The predicted molar refractivity (Wildman–Crippen MR) is 75.7 cm³/mol. The van der Waals surface area contributed by atoms with E-state index in [1.165, 1.54) is 42.2 Å². The molecule has 17 heavy (non-hydrogen) atoms. The molecule has 0 bridgehead atoms. The normalized spacial score (nSPS) is 21.9. The number of hydrogen-bond acceptors (Lipinski definition) is 3. The number of nitrogens with zero attached hydrogens (tertiary/aromatic N) is 1. The lowest BCUT2D eigenvalue weighted by Crippen LogP contribution is -2.45. The highest BCUT2D eigenvalue weighted by atomic mass is 32.1. The zero-order chi connectivity index (χ0) is 12.1. The van der Waals surface area contributed by atoms with Crippen molar-refractivity contribution < 1.29 is 0 Å². The summed E-state index contributed by atoms with van der Waals surface area (Å²) in [7, 11) is 0. The minimum Gasteiger partial charge on any atom is -0.308 e. The van der Waals surface area contributed by atoms with Gasteiger partial charge in [-0.2, -0.15) is 0 Å². The number of hydrogen-bond donors (Lipinski definition) is 1. The van der Waals surface area contributed by atoms with Crippen molar-refractivity contribution in [1.29, 1.82) is 0 Å². The van der Waals surface area contributed by atoms with Gasteiger partial charge in [-0.3, -0.25) is 0 Å². The maximum Gasteiger partial charge on any atom is 0.0302 e. The van der Waals surface area contributed by atoms with Gasteiger partial charge >= 0.3 is 0 Å². The number of piperidine rings is 1. The highest BCUT2D eigenvalue weighted by Gasteiger charge is 2.17. The predicted octanol–water partition coefficient (Wildman–Crippen LogP) is 2.88. The fraction of sp³-hybridized carbons (Fsp3) is 0.714. The largest absolute Gasteiger partial charge is 0.308 e. The number of nitrogens with one attached hydrogen (secondary N) is 1. The van der Waals surface area contributed by atoms with Crippen LogP contribution >= 0.6 is 11.3 Å². The van der Waals surface area contributed by atoms with Crippen LogP contribution in [-0.4, -0.2) is 30.6 Å². The lowest BCUT2D eigenvalue weighted by Gasteiger charge is -2.32. The highest BCUT2D eigenvalue weighted by molar-refractivity contribution is 7.11. The van der Waals surface area contributed by atoms with E-state index in [9.17, 15) is 0 Å². The number of likely N-dealkylation sites (tertiary alicyclic amines) is 1. The molecular weight excluding hydrogens is 228 g/mol. The molecule has 1 aliphatic heterocycles. The average molecular weight is 252 g/mol. The van der Waals surface area contributed by atoms with Gasteiger partial charge in [-0.15, -0.1) is 11.3 Å². The van der Waals surface area contributed by atoms with E-state index in [1.54, 1.807) is 0 Å². The molecule has 1 atom stereocenters. The summed E-state index contributed by atoms with van der Waals surface area (Å²) in [6.45, 7) is 9.23. The summed E-state index contributed by atoms with van der Waals surface area (Å²) < 4.78 is 0. The summed E-state index contributed by atoms with van der Waals surface area (Å²) in [5.74, 6) is 0. The third kappa shape index (κ3) is 3.80. The minimum absolute atomic E-state index is 0.691. The van der Waals surface area contributed by atoms with Crippen LogP contribution in [0.15, 0.2) is 12.1 Å². The monoisotopic (exact) mass is 252 g/mol. The van der Waals surface area contributed by atoms with Crippen molar-refractivity contribution in [1.82, 2.24) is 10.2 Å². The van der Waals surface area contributed by atoms with E-state index in [0.717, 1.165) is 13.0 Å². The SMILES string of the molecule is CCc1ccc(CNC2CCCN(CC)C2)s1. The van der Waals surface area contributed by atoms with Crippen molar-refractivity contribution in [3.05, 3.63) is 21.9 Å². The first-order valence-corrected chi connectivity index (χ1v) is 7.66. The van der Waals surface area contributed by atoms with Gasteiger partial charge in [-0.05, 0) is 44.5 Å². The van der Waals surface area contributed by atoms with Crippen molar-refractivity contribution >= 4 is 11.3 Å². The Balaban J connectivity index is 1.77. The summed E-state index contributed by atoms with van der Waals surface area (Å²) >= 11 is 1.95. The molecule has 1 unspecified atom stereocenters. The molecule has 1 saturated heterocycles. The van der Waals surface area contributed by atoms with E-state index in [2.05, 4.69) is 36.2 Å². The molecule has 1 aliphatic rings. The van der Waals surface area contributed by atoms with Gasteiger partial charge in [-0.1, -0.05) is 13.8 Å². The first kappa shape index (κ1) is 13.1. The molecule has 0 aliphatic carbocycles. The van der Waals surface area contributed by atoms with Gasteiger partial charge in [0.1, 0.15) is 0 Å². The molecule has 0 spiro atoms. The lowest BCUT2D eigenvalue weighted by atomic mass is 10.1. The molecule has 2 heterocycles. The molecule has 1 fully saturated rings. The number of rotatable bonds is 5. The molecule has 2 nitrogen and oxygen atoms in total. The lowest BCUT2D eigenvalue weighted by molar-refractivity contribution is 0.198. The molecular formula is C14H24N2S. The van der Waals surface area contributed by atoms with Crippen LogP contribution in [0.2, 0.25) is 0 Å². The maximum atomic E-state index is 3.71. The van der Waals surface area contributed by atoms with E-state index in [-0.39, 0.29) is 0 Å². The molecule has 1 aromatic heterocycles. The molecule has 3 heteroatoms. The van der Waals surface area contributed by atoms with Crippen LogP contribution in [0.1, 0.15) is 36.4 Å². The molecule has 1 aromatic rings. The molecule has 1 N–H and O–H groups in total. The quantitative estimate of drug-likeness (QED) is 0.867. The second-order valence-electron chi connectivity index (χ2n) is 4.83. The van der Waals surface area contributed by atoms with Gasteiger partial charge in [0.15, 0.2) is 0 Å². The van der Waals surface area contributed by atoms with Crippen LogP contribution in [-0.2, 0) is 13.0 Å². The van der Waals surface area contributed by atoms with E-state index in [0.29, 0.717) is 6.04 Å². The Kier molecular flexibility index (Phi) is 5.01. The van der Waals surface area contributed by atoms with Gasteiger partial charge in [-0.25, -0.2) is 0 Å². The van der Waals surface area contributed by atoms with Crippen molar-refractivity contribution in [2.75, 3.05) is 19.6 Å². The van der Waals surface area contributed by atoms with Gasteiger partial charge in [0.2, 0.25) is 0 Å². The van der Waals surface area contributed by atoms with Crippen LogP contribution in [0.25, 0.3) is 0 Å². The zero-order valence-corrected chi connectivity index (χ0v) is 11.9. The Morgan fingerprint density at radius 1 is 1.35 bits per heavy atom. The second-order valence-corrected chi connectivity index (χ2v) is 6.09. The van der Waals surface area contributed by atoms with Crippen LogP contribution in [0.5, 0.6) is 0 Å². The van der Waals surface area contributed by atoms with Crippen LogP contribution < -0.4 is 5.32 Å². The first-order chi connectivity index (χ1) is 8.31. The molecule has 0 amide bonds. The van der Waals surface area contributed by atoms with E-state index in [4.69, 9.17) is 0 Å². The van der Waals surface area contributed by atoms with Gasteiger partial charge < -0.3 is 10.2 Å². The maximum absolute atomic E-state index is 3.71.